The molecule has 118 valence electrons. The van der Waals surface area contributed by atoms with Crippen molar-refractivity contribution in [3.8, 4) is 11.1 Å². The quantitative estimate of drug-likeness (QED) is 0.373. The van der Waals surface area contributed by atoms with E-state index >= 15 is 0 Å². The van der Waals surface area contributed by atoms with Crippen LogP contribution in [-0.2, 0) is 13.1 Å². The molecule has 2 nitrogen and oxygen atoms in total. The lowest BCUT2D eigenvalue weighted by Gasteiger charge is -2.01. The highest BCUT2D eigenvalue weighted by atomic mass is 35.5. The molecule has 0 spiro atoms. The molecule has 2 heterocycles. The molecule has 0 amide bonds. The minimum Gasteiger partial charge on any atom is -0.205 e. The van der Waals surface area contributed by atoms with Crippen molar-refractivity contribution < 1.29 is 9.13 Å². The molecule has 0 aliphatic rings. The zero-order valence-electron chi connectivity index (χ0n) is 13.5. The molecule has 0 N–H and O–H groups in total. The predicted octanol–water partition coefficient (Wildman–Crippen LogP) is 4.14. The summed E-state index contributed by atoms with van der Waals surface area (Å²) in [5.41, 5.74) is 2.54. The summed E-state index contributed by atoms with van der Waals surface area (Å²) in [7, 11) is 0. The maximum atomic E-state index is 5.73. The molecule has 0 saturated carbocycles. The van der Waals surface area contributed by atoms with Crippen LogP contribution in [-0.4, -0.2) is 5.88 Å². The number of alkyl halides is 1. The SMILES string of the molecule is CCCCCC[n+]1ccc(-c2cc[n+](CCCCl)cc2)cc1. The van der Waals surface area contributed by atoms with E-state index in [0.717, 1.165) is 19.5 Å². The van der Waals surface area contributed by atoms with Gasteiger partial charge in [-0.25, -0.2) is 9.13 Å². The van der Waals surface area contributed by atoms with E-state index < -0.39 is 0 Å². The highest BCUT2D eigenvalue weighted by Crippen LogP contribution is 2.15. The third kappa shape index (κ3) is 5.42. The summed E-state index contributed by atoms with van der Waals surface area (Å²) in [6.45, 7) is 4.35. The summed E-state index contributed by atoms with van der Waals surface area (Å²) in [5.74, 6) is 0.714. The lowest BCUT2D eigenvalue weighted by molar-refractivity contribution is -0.697. The number of halogens is 1. The normalized spacial score (nSPS) is 10.8. The van der Waals surface area contributed by atoms with Gasteiger partial charge in [0.15, 0.2) is 24.8 Å². The fraction of sp³-hybridized carbons (Fsp3) is 0.474. The largest absolute Gasteiger partial charge is 0.205 e. The summed E-state index contributed by atoms with van der Waals surface area (Å²) in [6.07, 6.45) is 14.9. The first kappa shape index (κ1) is 17.0. The second kappa shape index (κ2) is 9.58. The van der Waals surface area contributed by atoms with E-state index in [0.29, 0.717) is 5.88 Å². The maximum absolute atomic E-state index is 5.73. The molecule has 0 aromatic carbocycles. The van der Waals surface area contributed by atoms with Crippen molar-refractivity contribution in [3.05, 3.63) is 49.1 Å². The first-order valence-corrected chi connectivity index (χ1v) is 8.91. The van der Waals surface area contributed by atoms with E-state index in [1.54, 1.807) is 0 Å². The number of pyridine rings is 2. The molecule has 0 aliphatic heterocycles. The average molecular weight is 319 g/mol. The molecule has 0 atom stereocenters. The van der Waals surface area contributed by atoms with Gasteiger partial charge in [-0.3, -0.25) is 0 Å². The Hall–Kier alpha value is -1.41. The molecule has 2 rings (SSSR count). The molecule has 22 heavy (non-hydrogen) atoms. The minimum absolute atomic E-state index is 0.714. The van der Waals surface area contributed by atoms with E-state index in [4.69, 9.17) is 11.6 Å². The van der Waals surface area contributed by atoms with Gasteiger partial charge in [0, 0.05) is 43.0 Å². The summed E-state index contributed by atoms with van der Waals surface area (Å²) in [4.78, 5) is 0. The van der Waals surface area contributed by atoms with Gasteiger partial charge in [-0.15, -0.1) is 11.6 Å². The summed E-state index contributed by atoms with van der Waals surface area (Å²) in [6, 6.07) is 8.76. The van der Waals surface area contributed by atoms with Gasteiger partial charge in [-0.1, -0.05) is 19.8 Å². The fourth-order valence-electron chi connectivity index (χ4n) is 2.56. The van der Waals surface area contributed by atoms with E-state index in [1.165, 1.54) is 36.8 Å². The third-order valence-electron chi connectivity index (χ3n) is 3.94. The number of unbranched alkanes of at least 4 members (excludes halogenated alkanes) is 3. The van der Waals surface area contributed by atoms with Crippen molar-refractivity contribution in [2.45, 2.75) is 52.1 Å². The fourth-order valence-corrected chi connectivity index (χ4v) is 2.68. The van der Waals surface area contributed by atoms with Gasteiger partial charge in [0.25, 0.3) is 0 Å². The van der Waals surface area contributed by atoms with Crippen LogP contribution in [0, 0.1) is 0 Å². The van der Waals surface area contributed by atoms with Crippen LogP contribution in [0.15, 0.2) is 49.1 Å². The van der Waals surface area contributed by atoms with Crippen LogP contribution >= 0.6 is 11.6 Å². The molecular formula is C19H27ClN2+2. The van der Waals surface area contributed by atoms with Crippen LogP contribution in [0.3, 0.4) is 0 Å². The molecule has 0 unspecified atom stereocenters. The van der Waals surface area contributed by atoms with E-state index in [-0.39, 0.29) is 0 Å². The number of hydrogen-bond donors (Lipinski definition) is 0. The molecule has 3 heteroatoms. The number of nitrogens with zero attached hydrogens (tertiary/aromatic N) is 2. The molecule has 0 radical (unpaired) electrons. The van der Waals surface area contributed by atoms with E-state index in [2.05, 4.69) is 65.1 Å². The van der Waals surface area contributed by atoms with Gasteiger partial charge in [0.05, 0.1) is 0 Å². The predicted molar refractivity (Wildman–Crippen MR) is 91.7 cm³/mol. The highest BCUT2D eigenvalue weighted by Gasteiger charge is 2.05. The highest BCUT2D eigenvalue weighted by molar-refractivity contribution is 6.17. The Labute approximate surface area is 139 Å². The molecular weight excluding hydrogens is 292 g/mol. The Balaban J connectivity index is 1.92. The van der Waals surface area contributed by atoms with Gasteiger partial charge in [-0.2, -0.15) is 0 Å². The Bertz CT molecular complexity index is 534. The number of rotatable bonds is 9. The van der Waals surface area contributed by atoms with Crippen molar-refractivity contribution >= 4 is 11.6 Å². The second-order valence-corrected chi connectivity index (χ2v) is 6.13. The summed E-state index contributed by atoms with van der Waals surface area (Å²) >= 11 is 5.73. The van der Waals surface area contributed by atoms with Crippen LogP contribution in [0.1, 0.15) is 39.0 Å². The van der Waals surface area contributed by atoms with Gasteiger partial charge in [-0.05, 0) is 17.5 Å². The zero-order chi connectivity index (χ0) is 15.6. The van der Waals surface area contributed by atoms with Crippen LogP contribution in [0.25, 0.3) is 11.1 Å². The smallest absolute Gasteiger partial charge is 0.169 e. The zero-order valence-corrected chi connectivity index (χ0v) is 14.3. The Morgan fingerprint density at radius 2 is 1.23 bits per heavy atom. The van der Waals surface area contributed by atoms with Crippen molar-refractivity contribution in [2.75, 3.05) is 5.88 Å². The van der Waals surface area contributed by atoms with Gasteiger partial charge in [0.2, 0.25) is 0 Å². The van der Waals surface area contributed by atoms with Crippen LogP contribution < -0.4 is 9.13 Å². The summed E-state index contributed by atoms with van der Waals surface area (Å²) < 4.78 is 4.46. The average Bonchev–Trinajstić information content (AvgIpc) is 2.58. The second-order valence-electron chi connectivity index (χ2n) is 5.75. The van der Waals surface area contributed by atoms with Crippen molar-refractivity contribution in [1.29, 1.82) is 0 Å². The number of aryl methyl sites for hydroxylation is 2. The molecule has 0 bridgehead atoms. The third-order valence-corrected chi connectivity index (χ3v) is 4.20. The summed E-state index contributed by atoms with van der Waals surface area (Å²) in [5, 5.41) is 0. The molecule has 0 saturated heterocycles. The van der Waals surface area contributed by atoms with Crippen LogP contribution in [0.4, 0.5) is 0 Å². The van der Waals surface area contributed by atoms with Gasteiger partial charge < -0.3 is 0 Å². The molecule has 2 aromatic rings. The number of hydrogen-bond acceptors (Lipinski definition) is 0. The van der Waals surface area contributed by atoms with Crippen LogP contribution in [0.2, 0.25) is 0 Å². The lowest BCUT2D eigenvalue weighted by atomic mass is 10.1. The van der Waals surface area contributed by atoms with Gasteiger partial charge >= 0.3 is 0 Å². The van der Waals surface area contributed by atoms with Crippen molar-refractivity contribution in [2.24, 2.45) is 0 Å². The Morgan fingerprint density at radius 3 is 1.68 bits per heavy atom. The van der Waals surface area contributed by atoms with Crippen LogP contribution in [0.5, 0.6) is 0 Å². The first-order chi connectivity index (χ1) is 10.8. The molecule has 2 aromatic heterocycles. The minimum atomic E-state index is 0.714. The lowest BCUT2D eigenvalue weighted by Crippen LogP contribution is -2.33. The topological polar surface area (TPSA) is 7.76 Å². The van der Waals surface area contributed by atoms with Gasteiger partial charge in [0.1, 0.15) is 13.1 Å². The van der Waals surface area contributed by atoms with E-state index in [9.17, 15) is 0 Å². The molecule has 0 aliphatic carbocycles. The molecule has 0 fully saturated rings. The van der Waals surface area contributed by atoms with Crippen molar-refractivity contribution in [3.63, 3.8) is 0 Å². The Morgan fingerprint density at radius 1 is 0.727 bits per heavy atom. The van der Waals surface area contributed by atoms with E-state index in [1.807, 2.05) is 0 Å². The Kier molecular flexibility index (Phi) is 7.38. The monoisotopic (exact) mass is 318 g/mol. The number of aromatic nitrogens is 2. The standard InChI is InChI=1S/C19H27ClN2/c1-2-3-4-5-12-21-14-7-18(8-15-21)19-9-16-22(17-10-19)13-6-11-20/h7-10,14-17H,2-6,11-13H2,1H3/q+2. The first-order valence-electron chi connectivity index (χ1n) is 8.38. The maximum Gasteiger partial charge on any atom is 0.169 e. The van der Waals surface area contributed by atoms with Crippen molar-refractivity contribution in [1.82, 2.24) is 0 Å².